The minimum Gasteiger partial charge on any atom is -0.369 e. The maximum Gasteiger partial charge on any atom is 0.280 e. The highest BCUT2D eigenvalue weighted by Gasteiger charge is 2.44. The van der Waals surface area contributed by atoms with Gasteiger partial charge in [-0.1, -0.05) is 6.07 Å². The Morgan fingerprint density at radius 2 is 1.97 bits per heavy atom. The number of piperazine rings is 1. The molecule has 4 aromatic rings. The number of H-pyrrole nitrogens is 1. The van der Waals surface area contributed by atoms with Gasteiger partial charge in [-0.15, -0.1) is 0 Å². The van der Waals surface area contributed by atoms with Crippen LogP contribution in [0.15, 0.2) is 42.7 Å². The first kappa shape index (κ1) is 20.9. The molecule has 2 aromatic heterocycles. The lowest BCUT2D eigenvalue weighted by Crippen LogP contribution is -2.49. The van der Waals surface area contributed by atoms with E-state index in [-0.39, 0.29) is 11.7 Å². The van der Waals surface area contributed by atoms with Crippen LogP contribution in [-0.4, -0.2) is 51.3 Å². The topological polar surface area (TPSA) is 82.1 Å². The maximum atomic E-state index is 15.8. The average molecular weight is 460 g/mol. The molecule has 9 heteroatoms. The van der Waals surface area contributed by atoms with E-state index in [2.05, 4.69) is 32.2 Å². The molecule has 8 nitrogen and oxygen atoms in total. The second-order valence-corrected chi connectivity index (χ2v) is 9.16. The summed E-state index contributed by atoms with van der Waals surface area (Å²) < 4.78 is 17.5. The molecule has 174 valence electrons. The van der Waals surface area contributed by atoms with E-state index in [1.165, 1.54) is 0 Å². The van der Waals surface area contributed by atoms with Gasteiger partial charge < -0.3 is 15.2 Å². The van der Waals surface area contributed by atoms with Gasteiger partial charge in [0.15, 0.2) is 5.69 Å². The molecule has 1 fully saturated rings. The number of aromatic amines is 1. The normalized spacial score (nSPS) is 20.4. The molecule has 0 radical (unpaired) electrons. The van der Waals surface area contributed by atoms with Gasteiger partial charge in [-0.25, -0.2) is 9.37 Å². The molecule has 2 aliphatic rings. The Morgan fingerprint density at radius 3 is 2.76 bits per heavy atom. The van der Waals surface area contributed by atoms with Gasteiger partial charge in [0.1, 0.15) is 5.82 Å². The Balaban J connectivity index is 1.47. The Bertz CT molecular complexity index is 1420. The van der Waals surface area contributed by atoms with Crippen molar-refractivity contribution in [2.45, 2.75) is 25.9 Å². The van der Waals surface area contributed by atoms with Gasteiger partial charge in [0.05, 0.1) is 23.4 Å². The van der Waals surface area contributed by atoms with E-state index in [0.717, 1.165) is 47.6 Å². The predicted molar refractivity (Wildman–Crippen MR) is 129 cm³/mol. The van der Waals surface area contributed by atoms with E-state index >= 15 is 4.39 Å². The van der Waals surface area contributed by atoms with Crippen LogP contribution in [0.2, 0.25) is 0 Å². The third kappa shape index (κ3) is 3.11. The number of nitrogens with one attached hydrogen (secondary N) is 2. The third-order valence-electron chi connectivity index (χ3n) is 7.03. The van der Waals surface area contributed by atoms with Crippen molar-refractivity contribution in [3.63, 3.8) is 0 Å². The van der Waals surface area contributed by atoms with Crippen LogP contribution in [0.4, 0.5) is 15.8 Å². The van der Waals surface area contributed by atoms with Crippen molar-refractivity contribution >= 4 is 28.3 Å². The molecule has 0 aliphatic carbocycles. The summed E-state index contributed by atoms with van der Waals surface area (Å²) in [6.45, 7) is 6.56. The van der Waals surface area contributed by atoms with Crippen LogP contribution < -0.4 is 15.1 Å². The number of benzene rings is 2. The van der Waals surface area contributed by atoms with Gasteiger partial charge in [0.2, 0.25) is 0 Å². The zero-order valence-electron chi connectivity index (χ0n) is 19.3. The molecule has 4 heterocycles. The van der Waals surface area contributed by atoms with E-state index in [0.29, 0.717) is 23.0 Å². The van der Waals surface area contributed by atoms with Gasteiger partial charge in [-0.3, -0.25) is 14.4 Å². The van der Waals surface area contributed by atoms with Crippen LogP contribution in [0.3, 0.4) is 0 Å². The van der Waals surface area contributed by atoms with Gasteiger partial charge in [0.25, 0.3) is 5.91 Å². The molecule has 2 N–H and O–H groups in total. The van der Waals surface area contributed by atoms with Crippen molar-refractivity contribution in [2.24, 2.45) is 7.05 Å². The Labute approximate surface area is 196 Å². The van der Waals surface area contributed by atoms with Crippen molar-refractivity contribution in [1.82, 2.24) is 25.1 Å². The summed E-state index contributed by atoms with van der Waals surface area (Å²) in [5.74, 6) is -0.568. The molecule has 2 atom stereocenters. The number of hydrogen-bond donors (Lipinski definition) is 2. The summed E-state index contributed by atoms with van der Waals surface area (Å²) in [6, 6.07) is 10.7. The van der Waals surface area contributed by atoms with Gasteiger partial charge in [-0.2, -0.15) is 5.10 Å². The number of fused-ring (bicyclic) bond motifs is 2. The standard InChI is InChI=1S/C25H26FN7O/c1-14-12-32(9-8-27-14)16-4-6-18(19(26)10-16)24-22-15(2)31(3)30-23(22)25(34)33(24)17-5-7-20-21(11-17)29-13-28-20/h4-7,10-11,13-14,24,27H,8-9,12H2,1-3H3,(H,28,29). The second kappa shape index (κ2) is 7.66. The molecule has 34 heavy (non-hydrogen) atoms. The smallest absolute Gasteiger partial charge is 0.280 e. The van der Waals surface area contributed by atoms with Crippen LogP contribution in [0.25, 0.3) is 11.0 Å². The monoisotopic (exact) mass is 459 g/mol. The molecule has 2 aliphatic heterocycles. The molecule has 0 bridgehead atoms. The number of aryl methyl sites for hydroxylation is 1. The quantitative estimate of drug-likeness (QED) is 0.491. The zero-order valence-corrected chi connectivity index (χ0v) is 19.3. The molecule has 0 saturated carbocycles. The summed E-state index contributed by atoms with van der Waals surface area (Å²) >= 11 is 0. The van der Waals surface area contributed by atoms with Gasteiger partial charge >= 0.3 is 0 Å². The fourth-order valence-corrected chi connectivity index (χ4v) is 5.20. The van der Waals surface area contributed by atoms with Crippen molar-refractivity contribution in [2.75, 3.05) is 29.4 Å². The molecular weight excluding hydrogens is 433 g/mol. The van der Waals surface area contributed by atoms with Crippen LogP contribution in [0.1, 0.15) is 40.3 Å². The van der Waals surface area contributed by atoms with E-state index in [4.69, 9.17) is 0 Å². The highest BCUT2D eigenvalue weighted by molar-refractivity contribution is 6.11. The number of carbonyl (C=O) groups is 1. The fourth-order valence-electron chi connectivity index (χ4n) is 5.20. The summed E-state index contributed by atoms with van der Waals surface area (Å²) in [5, 5.41) is 7.89. The summed E-state index contributed by atoms with van der Waals surface area (Å²) in [7, 11) is 1.81. The van der Waals surface area contributed by atoms with Crippen LogP contribution in [0.5, 0.6) is 0 Å². The first-order valence-corrected chi connectivity index (χ1v) is 11.5. The van der Waals surface area contributed by atoms with Crippen molar-refractivity contribution in [3.05, 3.63) is 71.1 Å². The SMILES string of the molecule is Cc1c2c(nn1C)C(=O)N(c1ccc3[nH]cnc3c1)C2c1ccc(N2CCNC(C)C2)cc1F. The number of halogens is 1. The predicted octanol–water partition coefficient (Wildman–Crippen LogP) is 3.29. The molecular formula is C25H26FN7O. The summed E-state index contributed by atoms with van der Waals surface area (Å²) in [4.78, 5) is 24.8. The number of hydrogen-bond acceptors (Lipinski definition) is 5. The van der Waals surface area contributed by atoms with Crippen molar-refractivity contribution in [1.29, 1.82) is 0 Å². The molecule has 6 rings (SSSR count). The molecule has 1 saturated heterocycles. The lowest BCUT2D eigenvalue weighted by Gasteiger charge is -2.34. The van der Waals surface area contributed by atoms with E-state index in [1.54, 1.807) is 22.0 Å². The number of anilines is 2. The zero-order chi connectivity index (χ0) is 23.6. The van der Waals surface area contributed by atoms with Gasteiger partial charge in [0, 0.05) is 60.9 Å². The minimum atomic E-state index is -0.608. The molecule has 2 unspecified atom stereocenters. The summed E-state index contributed by atoms with van der Waals surface area (Å²) in [6.07, 6.45) is 1.62. The highest BCUT2D eigenvalue weighted by Crippen LogP contribution is 2.44. The first-order chi connectivity index (χ1) is 16.4. The van der Waals surface area contributed by atoms with Crippen LogP contribution >= 0.6 is 0 Å². The number of imidazole rings is 1. The highest BCUT2D eigenvalue weighted by atomic mass is 19.1. The minimum absolute atomic E-state index is 0.238. The average Bonchev–Trinajstić information content (AvgIpc) is 3.48. The van der Waals surface area contributed by atoms with E-state index in [1.807, 2.05) is 44.3 Å². The second-order valence-electron chi connectivity index (χ2n) is 9.16. The molecule has 2 aromatic carbocycles. The number of carbonyl (C=O) groups excluding carboxylic acids is 1. The number of rotatable bonds is 3. The fraction of sp³-hybridized carbons (Fsp3) is 0.320. The summed E-state index contributed by atoms with van der Waals surface area (Å²) in [5.41, 5.74) is 5.55. The lowest BCUT2D eigenvalue weighted by atomic mass is 9.97. The van der Waals surface area contributed by atoms with Gasteiger partial charge in [-0.05, 0) is 44.2 Å². The molecule has 1 amide bonds. The Kier molecular flexibility index (Phi) is 4.70. The number of amides is 1. The Morgan fingerprint density at radius 1 is 1.15 bits per heavy atom. The lowest BCUT2D eigenvalue weighted by molar-refractivity contribution is 0.0988. The van der Waals surface area contributed by atoms with Crippen molar-refractivity contribution < 1.29 is 9.18 Å². The van der Waals surface area contributed by atoms with Crippen LogP contribution in [-0.2, 0) is 7.05 Å². The largest absolute Gasteiger partial charge is 0.369 e. The maximum absolute atomic E-state index is 15.8. The number of aromatic nitrogens is 4. The third-order valence-corrected chi connectivity index (χ3v) is 7.03. The van der Waals surface area contributed by atoms with E-state index < -0.39 is 6.04 Å². The van der Waals surface area contributed by atoms with Crippen LogP contribution in [0, 0.1) is 12.7 Å². The van der Waals surface area contributed by atoms with Crippen molar-refractivity contribution in [3.8, 4) is 0 Å². The first-order valence-electron chi connectivity index (χ1n) is 11.5. The number of nitrogens with zero attached hydrogens (tertiary/aromatic N) is 5. The van der Waals surface area contributed by atoms with E-state index in [9.17, 15) is 4.79 Å². The Hall–Kier alpha value is -3.72. The molecule has 0 spiro atoms.